The van der Waals surface area contributed by atoms with E-state index in [0.717, 1.165) is 29.3 Å². The predicted molar refractivity (Wildman–Crippen MR) is 63.4 cm³/mol. The lowest BCUT2D eigenvalue weighted by Crippen LogP contribution is -2.11. The van der Waals surface area contributed by atoms with Gasteiger partial charge in [-0.3, -0.25) is 9.78 Å². The van der Waals surface area contributed by atoms with Crippen molar-refractivity contribution < 1.29 is 4.79 Å². The van der Waals surface area contributed by atoms with Crippen molar-refractivity contribution in [1.82, 2.24) is 4.98 Å². The Morgan fingerprint density at radius 1 is 1.31 bits per heavy atom. The largest absolute Gasteiger partial charge is 0.294 e. The highest BCUT2D eigenvalue weighted by molar-refractivity contribution is 6.04. The van der Waals surface area contributed by atoms with Crippen LogP contribution in [0.15, 0.2) is 36.5 Å². The van der Waals surface area contributed by atoms with E-state index in [1.165, 1.54) is 0 Å². The first-order valence-electron chi connectivity index (χ1n) is 5.59. The van der Waals surface area contributed by atoms with E-state index in [9.17, 15) is 4.79 Å². The minimum absolute atomic E-state index is 0.0874. The van der Waals surface area contributed by atoms with Crippen LogP contribution in [-0.4, -0.2) is 10.8 Å². The number of hydrogen-bond donors (Lipinski definition) is 0. The Hall–Kier alpha value is -1.70. The number of carbonyl (C=O) groups is 1. The third kappa shape index (κ3) is 1.42. The van der Waals surface area contributed by atoms with E-state index in [0.29, 0.717) is 0 Å². The van der Waals surface area contributed by atoms with E-state index >= 15 is 0 Å². The van der Waals surface area contributed by atoms with Gasteiger partial charge in [0.25, 0.3) is 0 Å². The number of benzene rings is 1. The second-order valence-corrected chi connectivity index (χ2v) is 4.80. The van der Waals surface area contributed by atoms with Crippen molar-refractivity contribution in [2.75, 3.05) is 0 Å². The molecule has 1 aliphatic rings. The minimum Gasteiger partial charge on any atom is -0.294 e. The summed E-state index contributed by atoms with van der Waals surface area (Å²) in [5.74, 6) is 0.276. The Bertz CT molecular complexity index is 570. The molecule has 2 nitrogen and oxygen atoms in total. The average molecular weight is 211 g/mol. The fourth-order valence-electron chi connectivity index (χ4n) is 1.98. The van der Waals surface area contributed by atoms with Gasteiger partial charge in [0.05, 0.1) is 5.52 Å². The van der Waals surface area contributed by atoms with Crippen molar-refractivity contribution in [1.29, 1.82) is 0 Å². The Labute approximate surface area is 94.3 Å². The zero-order chi connectivity index (χ0) is 11.2. The average Bonchev–Trinajstić information content (AvgIpc) is 3.07. The molecule has 2 aromatic rings. The third-order valence-electron chi connectivity index (χ3n) is 3.41. The number of Topliss-reactive ketones (excluding diaryl/α,β-unsaturated/α-hetero) is 1. The third-order valence-corrected chi connectivity index (χ3v) is 3.41. The molecule has 0 unspecified atom stereocenters. The summed E-state index contributed by atoms with van der Waals surface area (Å²) in [6, 6.07) is 9.66. The van der Waals surface area contributed by atoms with Crippen LogP contribution in [0.25, 0.3) is 10.9 Å². The standard InChI is InChI=1S/C14H13NO/c1-14(6-7-14)13(16)11-4-5-12-10(9-11)3-2-8-15-12/h2-5,8-9H,6-7H2,1H3. The molecule has 3 rings (SSSR count). The maximum absolute atomic E-state index is 12.2. The minimum atomic E-state index is -0.0874. The molecule has 0 aliphatic heterocycles. The summed E-state index contributed by atoms with van der Waals surface area (Å²) in [4.78, 5) is 16.4. The highest BCUT2D eigenvalue weighted by Gasteiger charge is 2.44. The van der Waals surface area contributed by atoms with E-state index in [1.54, 1.807) is 6.20 Å². The Morgan fingerprint density at radius 3 is 2.88 bits per heavy atom. The van der Waals surface area contributed by atoms with Crippen LogP contribution in [0.5, 0.6) is 0 Å². The number of ketones is 1. The van der Waals surface area contributed by atoms with Gasteiger partial charge in [0.2, 0.25) is 0 Å². The van der Waals surface area contributed by atoms with Gasteiger partial charge in [-0.05, 0) is 37.1 Å². The number of hydrogen-bond acceptors (Lipinski definition) is 2. The van der Waals surface area contributed by atoms with Crippen LogP contribution in [0.3, 0.4) is 0 Å². The van der Waals surface area contributed by atoms with E-state index in [-0.39, 0.29) is 11.2 Å². The first kappa shape index (κ1) is 9.52. The first-order chi connectivity index (χ1) is 7.69. The number of nitrogens with zero attached hydrogens (tertiary/aromatic N) is 1. The summed E-state index contributed by atoms with van der Waals surface area (Å²) in [6.45, 7) is 2.04. The predicted octanol–water partition coefficient (Wildman–Crippen LogP) is 3.22. The van der Waals surface area contributed by atoms with Gasteiger partial charge in [-0.2, -0.15) is 0 Å². The van der Waals surface area contributed by atoms with Crippen molar-refractivity contribution in [3.8, 4) is 0 Å². The van der Waals surface area contributed by atoms with Crippen molar-refractivity contribution in [3.63, 3.8) is 0 Å². The molecule has 0 amide bonds. The van der Waals surface area contributed by atoms with Crippen LogP contribution in [0.4, 0.5) is 0 Å². The molecular weight excluding hydrogens is 198 g/mol. The molecule has 1 heterocycles. The van der Waals surface area contributed by atoms with Crippen molar-refractivity contribution >= 4 is 16.7 Å². The molecule has 16 heavy (non-hydrogen) atoms. The molecular formula is C14H13NO. The Morgan fingerprint density at radius 2 is 2.12 bits per heavy atom. The monoisotopic (exact) mass is 211 g/mol. The fraction of sp³-hybridized carbons (Fsp3) is 0.286. The lowest BCUT2D eigenvalue weighted by molar-refractivity contribution is 0.0912. The number of fused-ring (bicyclic) bond motifs is 1. The number of carbonyl (C=O) groups excluding carboxylic acids is 1. The Kier molecular flexibility index (Phi) is 1.87. The number of rotatable bonds is 2. The van der Waals surface area contributed by atoms with Crippen LogP contribution in [-0.2, 0) is 0 Å². The maximum atomic E-state index is 12.2. The summed E-state index contributed by atoms with van der Waals surface area (Å²) in [5.41, 5.74) is 1.68. The van der Waals surface area contributed by atoms with Crippen molar-refractivity contribution in [3.05, 3.63) is 42.1 Å². The molecule has 0 spiro atoms. The van der Waals surface area contributed by atoms with Gasteiger partial charge >= 0.3 is 0 Å². The summed E-state index contributed by atoms with van der Waals surface area (Å²) in [5, 5.41) is 1.04. The number of aromatic nitrogens is 1. The summed E-state index contributed by atoms with van der Waals surface area (Å²) in [6.07, 6.45) is 3.82. The van der Waals surface area contributed by atoms with Gasteiger partial charge in [-0.15, -0.1) is 0 Å². The normalized spacial score (nSPS) is 17.3. The molecule has 1 aliphatic carbocycles. The Balaban J connectivity index is 2.08. The van der Waals surface area contributed by atoms with E-state index in [1.807, 2.05) is 37.3 Å². The van der Waals surface area contributed by atoms with Crippen LogP contribution in [0.1, 0.15) is 30.1 Å². The topological polar surface area (TPSA) is 30.0 Å². The summed E-state index contributed by atoms with van der Waals surface area (Å²) < 4.78 is 0. The lowest BCUT2D eigenvalue weighted by Gasteiger charge is -2.07. The summed E-state index contributed by atoms with van der Waals surface area (Å²) in [7, 11) is 0. The highest BCUT2D eigenvalue weighted by Crippen LogP contribution is 2.47. The smallest absolute Gasteiger partial charge is 0.168 e. The zero-order valence-corrected chi connectivity index (χ0v) is 9.23. The molecule has 2 heteroatoms. The fourth-order valence-corrected chi connectivity index (χ4v) is 1.98. The van der Waals surface area contributed by atoms with Crippen LogP contribution in [0, 0.1) is 5.41 Å². The van der Waals surface area contributed by atoms with Gasteiger partial charge < -0.3 is 0 Å². The molecule has 0 bridgehead atoms. The van der Waals surface area contributed by atoms with Crippen LogP contribution < -0.4 is 0 Å². The number of pyridine rings is 1. The van der Waals surface area contributed by atoms with Crippen molar-refractivity contribution in [2.24, 2.45) is 5.41 Å². The summed E-state index contributed by atoms with van der Waals surface area (Å²) >= 11 is 0. The van der Waals surface area contributed by atoms with E-state index < -0.39 is 0 Å². The molecule has 0 atom stereocenters. The second kappa shape index (κ2) is 3.14. The SMILES string of the molecule is CC1(C(=O)c2ccc3ncccc3c2)CC1. The molecule has 1 fully saturated rings. The quantitative estimate of drug-likeness (QED) is 0.714. The molecule has 0 radical (unpaired) electrons. The molecule has 0 N–H and O–H groups in total. The van der Waals surface area contributed by atoms with Crippen molar-refractivity contribution in [2.45, 2.75) is 19.8 Å². The second-order valence-electron chi connectivity index (χ2n) is 4.80. The first-order valence-corrected chi connectivity index (χ1v) is 5.59. The van der Waals surface area contributed by atoms with E-state index in [4.69, 9.17) is 0 Å². The molecule has 80 valence electrons. The highest BCUT2D eigenvalue weighted by atomic mass is 16.1. The van der Waals surface area contributed by atoms with Gasteiger partial charge in [0, 0.05) is 22.6 Å². The van der Waals surface area contributed by atoms with Crippen LogP contribution >= 0.6 is 0 Å². The zero-order valence-electron chi connectivity index (χ0n) is 9.23. The molecule has 1 aromatic heterocycles. The molecule has 1 saturated carbocycles. The van der Waals surface area contributed by atoms with Gasteiger partial charge in [0.15, 0.2) is 5.78 Å². The maximum Gasteiger partial charge on any atom is 0.168 e. The van der Waals surface area contributed by atoms with Gasteiger partial charge in [-0.1, -0.05) is 13.0 Å². The molecule has 1 aromatic carbocycles. The van der Waals surface area contributed by atoms with E-state index in [2.05, 4.69) is 4.98 Å². The van der Waals surface area contributed by atoms with Crippen LogP contribution in [0.2, 0.25) is 0 Å². The molecule has 0 saturated heterocycles. The van der Waals surface area contributed by atoms with Gasteiger partial charge in [0.1, 0.15) is 0 Å². The van der Waals surface area contributed by atoms with Gasteiger partial charge in [-0.25, -0.2) is 0 Å². The lowest BCUT2D eigenvalue weighted by atomic mass is 9.96.